The van der Waals surface area contributed by atoms with Crippen molar-refractivity contribution in [2.45, 2.75) is 44.7 Å². The molecular weight excluding hydrogens is 244 g/mol. The molecule has 0 radical (unpaired) electrons. The minimum Gasteiger partial charge on any atom is -0.362 e. The quantitative estimate of drug-likeness (QED) is 0.664. The third kappa shape index (κ3) is 3.01. The van der Waals surface area contributed by atoms with Crippen molar-refractivity contribution in [3.8, 4) is 0 Å². The van der Waals surface area contributed by atoms with E-state index in [0.29, 0.717) is 11.7 Å². The van der Waals surface area contributed by atoms with Crippen molar-refractivity contribution < 1.29 is 4.92 Å². The van der Waals surface area contributed by atoms with E-state index in [1.54, 1.807) is 12.1 Å². The summed E-state index contributed by atoms with van der Waals surface area (Å²) in [6, 6.07) is 4.13. The zero-order valence-electron chi connectivity index (χ0n) is 11.2. The molecule has 1 aromatic rings. The van der Waals surface area contributed by atoms with Gasteiger partial charge in [-0.1, -0.05) is 0 Å². The molecule has 19 heavy (non-hydrogen) atoms. The summed E-state index contributed by atoms with van der Waals surface area (Å²) in [7, 11) is 0. The number of hydrogen-bond donors (Lipinski definition) is 1. The molecule has 1 heterocycles. The summed E-state index contributed by atoms with van der Waals surface area (Å²) in [5.74, 6) is -0.0563. The minimum absolute atomic E-state index is 0.0563. The van der Waals surface area contributed by atoms with Crippen LogP contribution in [0.5, 0.6) is 0 Å². The number of aromatic nitrogens is 1. The van der Waals surface area contributed by atoms with Crippen molar-refractivity contribution >= 4 is 11.5 Å². The van der Waals surface area contributed by atoms with Gasteiger partial charge in [-0.3, -0.25) is 0 Å². The Bertz CT molecular complexity index is 444. The molecule has 0 unspecified atom stereocenters. The predicted molar refractivity (Wildman–Crippen MR) is 74.1 cm³/mol. The fraction of sp³-hybridized carbons (Fsp3) is 0.615. The van der Waals surface area contributed by atoms with Crippen molar-refractivity contribution in [2.24, 2.45) is 5.73 Å². The van der Waals surface area contributed by atoms with Gasteiger partial charge in [0.2, 0.25) is 0 Å². The Kier molecular flexibility index (Phi) is 4.31. The molecule has 2 rings (SSSR count). The average molecular weight is 264 g/mol. The van der Waals surface area contributed by atoms with Gasteiger partial charge in [-0.25, -0.2) is 0 Å². The molecule has 1 saturated carbocycles. The van der Waals surface area contributed by atoms with Gasteiger partial charge in [0.15, 0.2) is 0 Å². The topological polar surface area (TPSA) is 85.3 Å². The van der Waals surface area contributed by atoms with Gasteiger partial charge in [0.05, 0.1) is 0 Å². The smallest absolute Gasteiger partial charge is 0.362 e. The van der Waals surface area contributed by atoms with E-state index in [-0.39, 0.29) is 11.9 Å². The standard InChI is InChI=1S/C13H20N4O2/c1-2-16(11-7-5-10(14)6-8-11)12-4-3-9-15-13(12)17(18)19/h3-4,9-11H,2,5-8,14H2,1H3. The van der Waals surface area contributed by atoms with Crippen LogP contribution in [-0.2, 0) is 0 Å². The molecule has 0 atom stereocenters. The molecule has 0 aliphatic heterocycles. The third-order valence-electron chi connectivity index (χ3n) is 3.77. The molecule has 2 N–H and O–H groups in total. The molecule has 0 spiro atoms. The summed E-state index contributed by atoms with van der Waals surface area (Å²) in [4.78, 5) is 16.6. The van der Waals surface area contributed by atoms with E-state index >= 15 is 0 Å². The highest BCUT2D eigenvalue weighted by atomic mass is 16.6. The van der Waals surface area contributed by atoms with Gasteiger partial charge in [-0.2, -0.15) is 0 Å². The van der Waals surface area contributed by atoms with E-state index in [4.69, 9.17) is 5.73 Å². The Balaban J connectivity index is 2.24. The van der Waals surface area contributed by atoms with Crippen LogP contribution in [0.2, 0.25) is 0 Å². The van der Waals surface area contributed by atoms with E-state index < -0.39 is 4.92 Å². The van der Waals surface area contributed by atoms with E-state index in [0.717, 1.165) is 32.2 Å². The van der Waals surface area contributed by atoms with Crippen LogP contribution in [0, 0.1) is 10.1 Å². The highest BCUT2D eigenvalue weighted by Crippen LogP contribution is 2.31. The number of nitrogens with zero attached hydrogens (tertiary/aromatic N) is 3. The monoisotopic (exact) mass is 264 g/mol. The van der Waals surface area contributed by atoms with Crippen LogP contribution in [0.3, 0.4) is 0 Å². The lowest BCUT2D eigenvalue weighted by Gasteiger charge is -2.36. The second kappa shape index (κ2) is 5.97. The summed E-state index contributed by atoms with van der Waals surface area (Å²) >= 11 is 0. The maximum Gasteiger partial charge on any atom is 0.387 e. The normalized spacial score (nSPS) is 23.1. The summed E-state index contributed by atoms with van der Waals surface area (Å²) in [5.41, 5.74) is 6.54. The van der Waals surface area contributed by atoms with Gasteiger partial charge in [0, 0.05) is 18.6 Å². The zero-order chi connectivity index (χ0) is 13.8. The van der Waals surface area contributed by atoms with Gasteiger partial charge in [0.1, 0.15) is 11.9 Å². The van der Waals surface area contributed by atoms with Crippen molar-refractivity contribution in [1.82, 2.24) is 4.98 Å². The lowest BCUT2D eigenvalue weighted by Crippen LogP contribution is -2.41. The van der Waals surface area contributed by atoms with E-state index in [1.165, 1.54) is 6.20 Å². The lowest BCUT2D eigenvalue weighted by molar-refractivity contribution is -0.388. The Hall–Kier alpha value is -1.69. The molecule has 0 saturated heterocycles. The molecule has 1 aromatic heterocycles. The first-order valence-electron chi connectivity index (χ1n) is 6.75. The Morgan fingerprint density at radius 2 is 2.16 bits per heavy atom. The fourth-order valence-electron chi connectivity index (χ4n) is 2.79. The Morgan fingerprint density at radius 3 is 2.74 bits per heavy atom. The van der Waals surface area contributed by atoms with Crippen molar-refractivity contribution in [3.05, 3.63) is 28.4 Å². The first-order valence-corrected chi connectivity index (χ1v) is 6.75. The maximum atomic E-state index is 11.1. The number of nitro groups is 1. The van der Waals surface area contributed by atoms with Crippen LogP contribution in [0.1, 0.15) is 32.6 Å². The number of nitrogens with two attached hydrogens (primary N) is 1. The van der Waals surface area contributed by atoms with Gasteiger partial charge >= 0.3 is 5.82 Å². The molecule has 1 fully saturated rings. The Labute approximate surface area is 112 Å². The first kappa shape index (κ1) is 13.7. The van der Waals surface area contributed by atoms with Crippen LogP contribution in [-0.4, -0.2) is 28.5 Å². The van der Waals surface area contributed by atoms with Crippen LogP contribution in [0.15, 0.2) is 18.3 Å². The van der Waals surface area contributed by atoms with Gasteiger partial charge in [-0.15, -0.1) is 0 Å². The highest BCUT2D eigenvalue weighted by molar-refractivity contribution is 5.59. The van der Waals surface area contributed by atoms with Crippen LogP contribution >= 0.6 is 0 Å². The number of pyridine rings is 1. The summed E-state index contributed by atoms with van der Waals surface area (Å²) in [6.45, 7) is 2.76. The van der Waals surface area contributed by atoms with Crippen molar-refractivity contribution in [1.29, 1.82) is 0 Å². The molecule has 6 heteroatoms. The average Bonchev–Trinajstić information content (AvgIpc) is 2.42. The van der Waals surface area contributed by atoms with Crippen molar-refractivity contribution in [2.75, 3.05) is 11.4 Å². The second-order valence-electron chi connectivity index (χ2n) is 4.96. The predicted octanol–water partition coefficient (Wildman–Crippen LogP) is 2.09. The number of hydrogen-bond acceptors (Lipinski definition) is 5. The van der Waals surface area contributed by atoms with Gasteiger partial charge in [-0.05, 0) is 54.6 Å². The van der Waals surface area contributed by atoms with Gasteiger partial charge in [0.25, 0.3) is 0 Å². The summed E-state index contributed by atoms with van der Waals surface area (Å²) in [5, 5.41) is 11.1. The van der Waals surface area contributed by atoms with Crippen LogP contribution in [0.4, 0.5) is 11.5 Å². The van der Waals surface area contributed by atoms with Crippen LogP contribution < -0.4 is 10.6 Å². The largest absolute Gasteiger partial charge is 0.387 e. The fourth-order valence-corrected chi connectivity index (χ4v) is 2.79. The molecule has 0 bridgehead atoms. The van der Waals surface area contributed by atoms with Crippen LogP contribution in [0.25, 0.3) is 0 Å². The van der Waals surface area contributed by atoms with E-state index in [2.05, 4.69) is 9.88 Å². The molecule has 104 valence electrons. The zero-order valence-corrected chi connectivity index (χ0v) is 11.2. The number of anilines is 1. The van der Waals surface area contributed by atoms with Crippen molar-refractivity contribution in [3.63, 3.8) is 0 Å². The molecular formula is C13H20N4O2. The lowest BCUT2D eigenvalue weighted by atomic mass is 9.90. The van der Waals surface area contributed by atoms with E-state index in [1.807, 2.05) is 6.92 Å². The molecule has 0 amide bonds. The number of rotatable bonds is 4. The minimum atomic E-state index is -0.410. The summed E-state index contributed by atoms with van der Waals surface area (Å²) < 4.78 is 0. The SMILES string of the molecule is CCN(c1cccnc1[N+](=O)[O-])C1CCC(N)CC1. The maximum absolute atomic E-state index is 11.1. The molecule has 0 aromatic carbocycles. The third-order valence-corrected chi connectivity index (χ3v) is 3.77. The molecule has 1 aliphatic carbocycles. The first-order chi connectivity index (χ1) is 9.13. The Morgan fingerprint density at radius 1 is 1.47 bits per heavy atom. The summed E-state index contributed by atoms with van der Waals surface area (Å²) in [6.07, 6.45) is 5.40. The highest BCUT2D eigenvalue weighted by Gasteiger charge is 2.28. The second-order valence-corrected chi connectivity index (χ2v) is 4.96. The van der Waals surface area contributed by atoms with E-state index in [9.17, 15) is 10.1 Å². The van der Waals surface area contributed by atoms with Gasteiger partial charge < -0.3 is 20.7 Å². The molecule has 6 nitrogen and oxygen atoms in total. The molecule has 1 aliphatic rings.